The summed E-state index contributed by atoms with van der Waals surface area (Å²) in [7, 11) is 0. The van der Waals surface area contributed by atoms with Crippen LogP contribution in [0.15, 0.2) is 25.3 Å². The maximum atomic E-state index is 16.1. The standard InChI is InChI=1S/C22H26F2N10O6P2S2/c1-9-15-19(28-5-26-9)33(7-30-15)21-13(23)10-4-41(35,43)37-3-12-16(32-42(36,44)38-2-11(10)39-21)14(24)22(40-12)34-8-31-17-18(25)27-6-29-20(17)34/h5-8,10-14,16,21-22H,2-4H2,1H3,(H,35,43)(H2,25,27,29)(H2,32,36,44)/t10-,11-,12-,13-,14-,16-,21-,22-,41?,42?/m1/s1. The van der Waals surface area contributed by atoms with Crippen LogP contribution in [0.2, 0.25) is 0 Å². The Bertz CT molecular complexity index is 1710. The molecule has 0 aliphatic carbocycles. The van der Waals surface area contributed by atoms with Crippen molar-refractivity contribution in [3.05, 3.63) is 31.0 Å². The van der Waals surface area contributed by atoms with E-state index in [4.69, 9.17) is 36.1 Å². The lowest BCUT2D eigenvalue weighted by Gasteiger charge is -2.29. The number of imidazole rings is 2. The van der Waals surface area contributed by atoms with Gasteiger partial charge in [-0.3, -0.25) is 13.7 Å². The first-order valence-electron chi connectivity index (χ1n) is 13.3. The fourth-order valence-electron chi connectivity index (χ4n) is 5.73. The first-order valence-corrected chi connectivity index (χ1v) is 18.9. The van der Waals surface area contributed by atoms with Crippen LogP contribution in [0.3, 0.4) is 0 Å². The lowest BCUT2D eigenvalue weighted by atomic mass is 10.0. The van der Waals surface area contributed by atoms with E-state index in [9.17, 15) is 9.46 Å². The zero-order chi connectivity index (χ0) is 31.0. The molecule has 3 aliphatic rings. The predicted octanol–water partition coefficient (Wildman–Crippen LogP) is 1.99. The molecule has 0 saturated carbocycles. The molecule has 0 aromatic carbocycles. The SMILES string of the molecule is Cc1ncnc2c1ncn2[C@@H]1O[C@@H]2COP(O)(=S)N[C@H]3[C@@H](F)[C@H](n4cnc5c(N)ncnc54)O[C@@H]3COP(=O)(S)C[C@H]2[C@H]1F. The number of hydrogen-bond donors (Lipinski definition) is 4. The number of rotatable bonds is 2. The van der Waals surface area contributed by atoms with Gasteiger partial charge >= 0.3 is 0 Å². The van der Waals surface area contributed by atoms with Crippen LogP contribution in [-0.4, -0.2) is 93.9 Å². The van der Waals surface area contributed by atoms with Crippen LogP contribution in [0.5, 0.6) is 0 Å². The lowest BCUT2D eigenvalue weighted by molar-refractivity contribution is -0.0357. The molecule has 4 N–H and O–H groups in total. The van der Waals surface area contributed by atoms with Crippen molar-refractivity contribution in [2.75, 3.05) is 25.1 Å². The van der Waals surface area contributed by atoms with Crippen molar-refractivity contribution in [2.24, 2.45) is 5.92 Å². The topological polar surface area (TPSA) is 199 Å². The first-order chi connectivity index (χ1) is 20.9. The van der Waals surface area contributed by atoms with E-state index in [0.29, 0.717) is 16.9 Å². The molecular weight excluding hydrogens is 664 g/mol. The summed E-state index contributed by atoms with van der Waals surface area (Å²) in [5, 5.41) is 2.65. The zero-order valence-electron chi connectivity index (χ0n) is 22.7. The van der Waals surface area contributed by atoms with Crippen LogP contribution in [0.25, 0.3) is 22.3 Å². The summed E-state index contributed by atoms with van der Waals surface area (Å²) in [5.41, 5.74) is 7.72. The van der Waals surface area contributed by atoms with Gasteiger partial charge < -0.3 is 29.1 Å². The maximum Gasteiger partial charge on any atom is 0.259 e. The summed E-state index contributed by atoms with van der Waals surface area (Å²) < 4.78 is 71.9. The average molecular weight is 691 g/mol. The minimum Gasteiger partial charge on any atom is -0.382 e. The second-order valence-corrected chi connectivity index (χ2v) is 17.4. The minimum atomic E-state index is -3.92. The fraction of sp³-hybridized carbons (Fsp3) is 0.545. The van der Waals surface area contributed by atoms with Gasteiger partial charge in [0.05, 0.1) is 43.7 Å². The Morgan fingerprint density at radius 1 is 0.977 bits per heavy atom. The van der Waals surface area contributed by atoms with Crippen molar-refractivity contribution in [1.29, 1.82) is 0 Å². The minimum absolute atomic E-state index is 0.0937. The predicted molar refractivity (Wildman–Crippen MR) is 158 cm³/mol. The molecule has 3 fully saturated rings. The molecule has 3 aliphatic heterocycles. The number of ether oxygens (including phenoxy) is 2. The molecule has 22 heteroatoms. The van der Waals surface area contributed by atoms with Crippen LogP contribution < -0.4 is 10.8 Å². The van der Waals surface area contributed by atoms with Gasteiger partial charge in [-0.1, -0.05) is 12.2 Å². The quantitative estimate of drug-likeness (QED) is 0.176. The summed E-state index contributed by atoms with van der Waals surface area (Å²) in [5.74, 6) is -0.960. The van der Waals surface area contributed by atoms with Crippen molar-refractivity contribution in [3.63, 3.8) is 0 Å². The van der Waals surface area contributed by atoms with Gasteiger partial charge in [-0.15, -0.1) is 0 Å². The average Bonchev–Trinajstić information content (AvgIpc) is 3.73. The number of aromatic nitrogens is 8. The molecule has 236 valence electrons. The number of alkyl halides is 2. The molecule has 44 heavy (non-hydrogen) atoms. The van der Waals surface area contributed by atoms with E-state index in [1.807, 2.05) is 0 Å². The molecule has 4 aromatic rings. The summed E-state index contributed by atoms with van der Waals surface area (Å²) >= 11 is 9.58. The molecule has 16 nitrogen and oxygen atoms in total. The van der Waals surface area contributed by atoms with Crippen molar-refractivity contribution in [2.45, 2.75) is 50.0 Å². The number of nitrogens with one attached hydrogen (secondary N) is 1. The largest absolute Gasteiger partial charge is 0.382 e. The summed E-state index contributed by atoms with van der Waals surface area (Å²) in [6.07, 6.45) is -3.43. The number of thiol groups is 1. The van der Waals surface area contributed by atoms with Crippen LogP contribution in [0, 0.1) is 12.8 Å². The lowest BCUT2D eigenvalue weighted by Crippen LogP contribution is -2.43. The monoisotopic (exact) mass is 690 g/mol. The molecule has 0 bridgehead atoms. The van der Waals surface area contributed by atoms with Gasteiger partial charge in [0.15, 0.2) is 41.9 Å². The van der Waals surface area contributed by atoms with Gasteiger partial charge in [-0.05, 0) is 18.7 Å². The number of aryl methyl sites for hydroxylation is 1. The highest BCUT2D eigenvalue weighted by Crippen LogP contribution is 2.57. The number of fused-ring (bicyclic) bond motifs is 4. The van der Waals surface area contributed by atoms with E-state index in [-0.39, 0.29) is 23.1 Å². The van der Waals surface area contributed by atoms with Gasteiger partial charge in [0.1, 0.15) is 29.8 Å². The van der Waals surface area contributed by atoms with Crippen LogP contribution >= 0.6 is 25.5 Å². The van der Waals surface area contributed by atoms with Crippen molar-refractivity contribution >= 4 is 65.4 Å². The Morgan fingerprint density at radius 3 is 2.34 bits per heavy atom. The Hall–Kier alpha value is -2.25. The Morgan fingerprint density at radius 2 is 1.59 bits per heavy atom. The third-order valence-electron chi connectivity index (χ3n) is 7.89. The molecule has 2 unspecified atom stereocenters. The molecule has 7 heterocycles. The Kier molecular flexibility index (Phi) is 7.75. The van der Waals surface area contributed by atoms with Crippen LogP contribution in [0.1, 0.15) is 18.1 Å². The molecule has 3 saturated heterocycles. The van der Waals surface area contributed by atoms with Gasteiger partial charge in [0, 0.05) is 12.1 Å². The number of nitrogens with two attached hydrogens (primary N) is 1. The molecule has 7 rings (SSSR count). The van der Waals surface area contributed by atoms with E-state index >= 15 is 8.78 Å². The van der Waals surface area contributed by atoms with E-state index < -0.39 is 75.4 Å². The second-order valence-electron chi connectivity index (χ2n) is 10.6. The van der Waals surface area contributed by atoms with Crippen molar-refractivity contribution < 1.29 is 36.8 Å². The molecule has 0 radical (unpaired) electrons. The van der Waals surface area contributed by atoms with Gasteiger partial charge in [-0.25, -0.2) is 43.8 Å². The second kappa shape index (κ2) is 11.2. The van der Waals surface area contributed by atoms with Gasteiger partial charge in [0.2, 0.25) is 0 Å². The molecule has 10 atom stereocenters. The highest BCUT2D eigenvalue weighted by Gasteiger charge is 2.52. The Balaban J connectivity index is 1.17. The van der Waals surface area contributed by atoms with Crippen LogP contribution in [0.4, 0.5) is 14.6 Å². The van der Waals surface area contributed by atoms with Crippen molar-refractivity contribution in [1.82, 2.24) is 44.1 Å². The number of hydrogen-bond acceptors (Lipinski definition) is 13. The maximum absolute atomic E-state index is 16.1. The summed E-state index contributed by atoms with van der Waals surface area (Å²) in [6, 6.07) is -1.28. The van der Waals surface area contributed by atoms with E-state index in [1.165, 1.54) is 34.4 Å². The Labute approximate surface area is 257 Å². The highest BCUT2D eigenvalue weighted by molar-refractivity contribution is 8.46. The van der Waals surface area contributed by atoms with Crippen LogP contribution in [-0.2, 0) is 34.9 Å². The number of nitrogens with zero attached hydrogens (tertiary/aromatic N) is 8. The zero-order valence-corrected chi connectivity index (χ0v) is 26.2. The number of anilines is 1. The molecular formula is C22H26F2N10O6P2S2. The summed E-state index contributed by atoms with van der Waals surface area (Å²) in [4.78, 5) is 35.8. The fourth-order valence-corrected chi connectivity index (χ4v) is 9.61. The summed E-state index contributed by atoms with van der Waals surface area (Å²) in [6.45, 7) is -6.85. The van der Waals surface area contributed by atoms with Gasteiger partial charge in [0.25, 0.3) is 13.2 Å². The number of halogens is 2. The molecule has 4 aromatic heterocycles. The van der Waals surface area contributed by atoms with E-state index in [2.05, 4.69) is 47.2 Å². The van der Waals surface area contributed by atoms with Gasteiger partial charge in [-0.2, -0.15) is 0 Å². The normalized spacial score (nSPS) is 38.3. The smallest absolute Gasteiger partial charge is 0.259 e. The third kappa shape index (κ3) is 5.34. The highest BCUT2D eigenvalue weighted by atomic mass is 32.7. The molecule has 0 amide bonds. The molecule has 0 spiro atoms. The first kappa shape index (κ1) is 30.4. The third-order valence-corrected chi connectivity index (χ3v) is 11.9. The number of nitrogen functional groups attached to an aromatic ring is 1. The van der Waals surface area contributed by atoms with Crippen molar-refractivity contribution in [3.8, 4) is 0 Å². The van der Waals surface area contributed by atoms with E-state index in [1.54, 1.807) is 6.92 Å². The van der Waals surface area contributed by atoms with E-state index in [0.717, 1.165) is 0 Å².